The summed E-state index contributed by atoms with van der Waals surface area (Å²) in [4.78, 5) is 10.7. The minimum atomic E-state index is -0.717. The van der Waals surface area contributed by atoms with Crippen LogP contribution in [0.1, 0.15) is 65.2 Å². The van der Waals surface area contributed by atoms with Crippen molar-refractivity contribution in [2.75, 3.05) is 0 Å². The number of hydrogen-bond donors (Lipinski definition) is 1. The lowest BCUT2D eigenvalue weighted by molar-refractivity contribution is -0.125. The van der Waals surface area contributed by atoms with Crippen LogP contribution < -0.4 is 0 Å². The Bertz CT molecular complexity index is 143. The van der Waals surface area contributed by atoms with E-state index in [1.165, 1.54) is 39.0 Å². The van der Waals surface area contributed by atoms with Crippen molar-refractivity contribution in [2.45, 2.75) is 71.3 Å². The highest BCUT2D eigenvalue weighted by atomic mass is 16.3. The molecule has 0 aromatic heterocycles. The normalized spacial score (nSPS) is 12.8. The molecule has 0 saturated carbocycles. The zero-order valence-electron chi connectivity index (χ0n) is 9.59. The SMILES string of the molecule is CCCCCCCCCC(O)C(C)=O. The fourth-order valence-corrected chi connectivity index (χ4v) is 1.50. The quantitative estimate of drug-likeness (QED) is 0.581. The van der Waals surface area contributed by atoms with E-state index < -0.39 is 6.10 Å². The zero-order chi connectivity index (χ0) is 10.8. The van der Waals surface area contributed by atoms with Crippen molar-refractivity contribution in [1.29, 1.82) is 0 Å². The van der Waals surface area contributed by atoms with Crippen molar-refractivity contribution in [1.82, 2.24) is 0 Å². The van der Waals surface area contributed by atoms with Crippen LogP contribution in [0.3, 0.4) is 0 Å². The molecule has 0 aromatic carbocycles. The minimum Gasteiger partial charge on any atom is -0.385 e. The number of hydrogen-bond acceptors (Lipinski definition) is 2. The average molecular weight is 200 g/mol. The molecule has 2 nitrogen and oxygen atoms in total. The maximum absolute atomic E-state index is 10.7. The van der Waals surface area contributed by atoms with Crippen LogP contribution >= 0.6 is 0 Å². The van der Waals surface area contributed by atoms with Crippen molar-refractivity contribution in [3.63, 3.8) is 0 Å². The first-order valence-electron chi connectivity index (χ1n) is 5.87. The lowest BCUT2D eigenvalue weighted by Gasteiger charge is -2.05. The fraction of sp³-hybridized carbons (Fsp3) is 0.917. The molecule has 0 spiro atoms. The standard InChI is InChI=1S/C12H24O2/c1-3-4-5-6-7-8-9-10-12(14)11(2)13/h12,14H,3-10H2,1-2H3. The molecule has 1 unspecified atom stereocenters. The third-order valence-corrected chi connectivity index (χ3v) is 2.55. The smallest absolute Gasteiger partial charge is 0.158 e. The molecule has 84 valence electrons. The molecule has 0 radical (unpaired) electrons. The van der Waals surface area contributed by atoms with E-state index in [0.29, 0.717) is 6.42 Å². The highest BCUT2D eigenvalue weighted by molar-refractivity contribution is 5.79. The van der Waals surface area contributed by atoms with Crippen molar-refractivity contribution in [3.05, 3.63) is 0 Å². The summed E-state index contributed by atoms with van der Waals surface area (Å²) in [5, 5.41) is 9.22. The van der Waals surface area contributed by atoms with Gasteiger partial charge in [0.25, 0.3) is 0 Å². The van der Waals surface area contributed by atoms with E-state index in [-0.39, 0.29) is 5.78 Å². The van der Waals surface area contributed by atoms with Gasteiger partial charge < -0.3 is 5.11 Å². The Kier molecular flexibility index (Phi) is 8.95. The number of rotatable bonds is 9. The van der Waals surface area contributed by atoms with Crippen molar-refractivity contribution in [2.24, 2.45) is 0 Å². The molecule has 0 aliphatic heterocycles. The Labute approximate surface area is 87.7 Å². The summed E-state index contributed by atoms with van der Waals surface area (Å²) in [7, 11) is 0. The molecular weight excluding hydrogens is 176 g/mol. The van der Waals surface area contributed by atoms with E-state index >= 15 is 0 Å². The van der Waals surface area contributed by atoms with Crippen LogP contribution in [-0.4, -0.2) is 17.0 Å². The van der Waals surface area contributed by atoms with E-state index in [2.05, 4.69) is 6.92 Å². The maximum atomic E-state index is 10.7. The molecule has 14 heavy (non-hydrogen) atoms. The number of carbonyl (C=O) groups is 1. The second kappa shape index (κ2) is 9.20. The fourth-order valence-electron chi connectivity index (χ4n) is 1.50. The Morgan fingerprint density at radius 2 is 1.57 bits per heavy atom. The van der Waals surface area contributed by atoms with Gasteiger partial charge in [-0.05, 0) is 13.3 Å². The van der Waals surface area contributed by atoms with Crippen LogP contribution in [0.2, 0.25) is 0 Å². The lowest BCUT2D eigenvalue weighted by Crippen LogP contribution is -2.16. The van der Waals surface area contributed by atoms with Crippen LogP contribution in [0.5, 0.6) is 0 Å². The summed E-state index contributed by atoms with van der Waals surface area (Å²) < 4.78 is 0. The van der Waals surface area contributed by atoms with Gasteiger partial charge in [-0.1, -0.05) is 51.9 Å². The molecule has 0 aliphatic carbocycles. The van der Waals surface area contributed by atoms with Gasteiger partial charge in [-0.3, -0.25) is 4.79 Å². The summed E-state index contributed by atoms with van der Waals surface area (Å²) in [6.07, 6.45) is 8.52. The molecule has 0 bridgehead atoms. The predicted molar refractivity (Wildman–Crippen MR) is 59.3 cm³/mol. The first-order valence-corrected chi connectivity index (χ1v) is 5.87. The second-order valence-electron chi connectivity index (χ2n) is 4.04. The van der Waals surface area contributed by atoms with E-state index in [9.17, 15) is 9.90 Å². The summed E-state index contributed by atoms with van der Waals surface area (Å²) in [6.45, 7) is 3.66. The highest BCUT2D eigenvalue weighted by Crippen LogP contribution is 2.09. The predicted octanol–water partition coefficient (Wildman–Crippen LogP) is 3.08. The molecule has 0 heterocycles. The van der Waals surface area contributed by atoms with Crippen LogP contribution in [0.25, 0.3) is 0 Å². The van der Waals surface area contributed by atoms with Crippen LogP contribution in [0, 0.1) is 0 Å². The van der Waals surface area contributed by atoms with E-state index in [4.69, 9.17) is 0 Å². The van der Waals surface area contributed by atoms with E-state index in [0.717, 1.165) is 12.8 Å². The van der Waals surface area contributed by atoms with Gasteiger partial charge in [0.1, 0.15) is 6.10 Å². The van der Waals surface area contributed by atoms with Crippen molar-refractivity contribution >= 4 is 5.78 Å². The molecule has 1 atom stereocenters. The number of ketones is 1. The minimum absolute atomic E-state index is 0.101. The van der Waals surface area contributed by atoms with Gasteiger partial charge in [0.15, 0.2) is 5.78 Å². The van der Waals surface area contributed by atoms with Crippen molar-refractivity contribution < 1.29 is 9.90 Å². The van der Waals surface area contributed by atoms with Crippen LogP contribution in [0.4, 0.5) is 0 Å². The van der Waals surface area contributed by atoms with Gasteiger partial charge in [0.2, 0.25) is 0 Å². The van der Waals surface area contributed by atoms with Gasteiger partial charge in [-0.15, -0.1) is 0 Å². The highest BCUT2D eigenvalue weighted by Gasteiger charge is 2.07. The zero-order valence-corrected chi connectivity index (χ0v) is 9.59. The maximum Gasteiger partial charge on any atom is 0.158 e. The molecular formula is C12H24O2. The molecule has 0 aliphatic rings. The van der Waals surface area contributed by atoms with E-state index in [1.807, 2.05) is 0 Å². The number of aliphatic hydroxyl groups excluding tert-OH is 1. The summed E-state index contributed by atoms with van der Waals surface area (Å²) in [5.74, 6) is -0.101. The first-order chi connectivity index (χ1) is 6.68. The Morgan fingerprint density at radius 1 is 1.07 bits per heavy atom. The largest absolute Gasteiger partial charge is 0.385 e. The number of unbranched alkanes of at least 4 members (excludes halogenated alkanes) is 6. The van der Waals surface area contributed by atoms with Gasteiger partial charge in [0.05, 0.1) is 0 Å². The van der Waals surface area contributed by atoms with Crippen LogP contribution in [-0.2, 0) is 4.79 Å². The number of aliphatic hydroxyl groups is 1. The molecule has 0 amide bonds. The Balaban J connectivity index is 3.09. The molecule has 0 rings (SSSR count). The molecule has 0 fully saturated rings. The average Bonchev–Trinajstić information content (AvgIpc) is 2.16. The van der Waals surface area contributed by atoms with Gasteiger partial charge >= 0.3 is 0 Å². The van der Waals surface area contributed by atoms with E-state index in [1.54, 1.807) is 0 Å². The Morgan fingerprint density at radius 3 is 2.07 bits per heavy atom. The Hall–Kier alpha value is -0.370. The number of Topliss-reactive ketones (excluding diaryl/α,β-unsaturated/α-hetero) is 1. The molecule has 0 saturated heterocycles. The lowest BCUT2D eigenvalue weighted by atomic mass is 10.1. The third kappa shape index (κ3) is 8.24. The van der Waals surface area contributed by atoms with Crippen LogP contribution in [0.15, 0.2) is 0 Å². The summed E-state index contributed by atoms with van der Waals surface area (Å²) in [6, 6.07) is 0. The first kappa shape index (κ1) is 13.6. The number of carbonyl (C=O) groups excluding carboxylic acids is 1. The van der Waals surface area contributed by atoms with Crippen molar-refractivity contribution in [3.8, 4) is 0 Å². The third-order valence-electron chi connectivity index (χ3n) is 2.55. The molecule has 1 N–H and O–H groups in total. The summed E-state index contributed by atoms with van der Waals surface area (Å²) >= 11 is 0. The molecule has 2 heteroatoms. The van der Waals surface area contributed by atoms with Gasteiger partial charge in [-0.2, -0.15) is 0 Å². The topological polar surface area (TPSA) is 37.3 Å². The second-order valence-corrected chi connectivity index (χ2v) is 4.04. The summed E-state index contributed by atoms with van der Waals surface area (Å²) in [5.41, 5.74) is 0. The molecule has 0 aromatic rings. The van der Waals surface area contributed by atoms with Gasteiger partial charge in [0, 0.05) is 0 Å². The monoisotopic (exact) mass is 200 g/mol. The van der Waals surface area contributed by atoms with Gasteiger partial charge in [-0.25, -0.2) is 0 Å².